The van der Waals surface area contributed by atoms with E-state index < -0.39 is 0 Å². The summed E-state index contributed by atoms with van der Waals surface area (Å²) >= 11 is 0. The van der Waals surface area contributed by atoms with Crippen molar-refractivity contribution >= 4 is 6.08 Å². The zero-order valence-corrected chi connectivity index (χ0v) is 17.3. The van der Waals surface area contributed by atoms with Crippen LogP contribution in [0.25, 0.3) is 6.08 Å². The molecule has 1 aromatic rings. The third-order valence-corrected chi connectivity index (χ3v) is 9.29. The molecule has 4 aliphatic carbocycles. The Kier molecular flexibility index (Phi) is 4.92. The normalized spacial score (nSPS) is 46.7. The van der Waals surface area contributed by atoms with Gasteiger partial charge in [0.2, 0.25) is 0 Å². The van der Waals surface area contributed by atoms with Gasteiger partial charge in [0.1, 0.15) is 0 Å². The third-order valence-electron chi connectivity index (χ3n) is 9.29. The molecule has 152 valence electrons. The summed E-state index contributed by atoms with van der Waals surface area (Å²) in [6.45, 7) is 2.76. The summed E-state index contributed by atoms with van der Waals surface area (Å²) < 4.78 is 0. The molecule has 0 amide bonds. The van der Waals surface area contributed by atoms with Crippen LogP contribution >= 0.6 is 0 Å². The molecule has 0 spiro atoms. The molecule has 28 heavy (non-hydrogen) atoms. The van der Waals surface area contributed by atoms with E-state index in [1.807, 2.05) is 0 Å². The lowest BCUT2D eigenvalue weighted by Crippen LogP contribution is -2.48. The van der Waals surface area contributed by atoms with Gasteiger partial charge in [0.05, 0.1) is 6.10 Å². The maximum Gasteiger partial charge on any atom is 0.0809 e. The van der Waals surface area contributed by atoms with Gasteiger partial charge >= 0.3 is 0 Å². The van der Waals surface area contributed by atoms with Crippen LogP contribution in [0.3, 0.4) is 0 Å². The van der Waals surface area contributed by atoms with Crippen LogP contribution < -0.4 is 0 Å². The average Bonchev–Trinajstić information content (AvgIpc) is 2.98. The van der Waals surface area contributed by atoms with Crippen molar-refractivity contribution in [3.8, 4) is 0 Å². The van der Waals surface area contributed by atoms with Crippen molar-refractivity contribution in [2.45, 2.75) is 64.4 Å². The van der Waals surface area contributed by atoms with Crippen molar-refractivity contribution in [3.05, 3.63) is 41.5 Å². The highest BCUT2D eigenvalue weighted by Crippen LogP contribution is 2.63. The Balaban J connectivity index is 1.38. The van der Waals surface area contributed by atoms with Crippen LogP contribution in [0, 0.1) is 40.9 Å². The molecular formula is C26H36O2. The Morgan fingerprint density at radius 3 is 2.61 bits per heavy atom. The fourth-order valence-electron chi connectivity index (χ4n) is 7.70. The van der Waals surface area contributed by atoms with Gasteiger partial charge in [-0.3, -0.25) is 0 Å². The van der Waals surface area contributed by atoms with Gasteiger partial charge in [-0.25, -0.2) is 0 Å². The highest BCUT2D eigenvalue weighted by atomic mass is 16.3. The standard InChI is InChI=1S/C26H36O2/c1-26-10-9-20-13-21-12-18(16-27)7-8-19(21)14-23(20)24(26)15-22(25(26)28)11-17-5-3-2-4-6-17/h2-6,11,18-21,23-25,27-28H,7-10,12-16H2,1H3/b22-11+/t18-,19-,20+,21?,23+,24-,25-,26-/m1/s1. The largest absolute Gasteiger partial charge is 0.396 e. The summed E-state index contributed by atoms with van der Waals surface area (Å²) in [4.78, 5) is 0. The van der Waals surface area contributed by atoms with Gasteiger partial charge in [0.15, 0.2) is 0 Å². The summed E-state index contributed by atoms with van der Waals surface area (Å²) in [7, 11) is 0. The second-order valence-electron chi connectivity index (χ2n) is 10.7. The number of benzene rings is 1. The van der Waals surface area contributed by atoms with Crippen molar-refractivity contribution < 1.29 is 10.2 Å². The number of aliphatic hydroxyl groups excluding tert-OH is 2. The van der Waals surface area contributed by atoms with E-state index >= 15 is 0 Å². The molecule has 4 fully saturated rings. The van der Waals surface area contributed by atoms with Crippen molar-refractivity contribution in [1.29, 1.82) is 0 Å². The average molecular weight is 381 g/mol. The quantitative estimate of drug-likeness (QED) is 0.731. The van der Waals surface area contributed by atoms with Gasteiger partial charge in [0.25, 0.3) is 0 Å². The second-order valence-corrected chi connectivity index (χ2v) is 10.7. The first-order valence-electron chi connectivity index (χ1n) is 11.6. The molecule has 0 aromatic heterocycles. The predicted octanol–water partition coefficient (Wildman–Crippen LogP) is 5.30. The molecule has 5 rings (SSSR count). The molecule has 2 heteroatoms. The summed E-state index contributed by atoms with van der Waals surface area (Å²) in [6.07, 6.45) is 12.1. The molecule has 4 saturated carbocycles. The molecule has 4 aliphatic rings. The van der Waals surface area contributed by atoms with Crippen LogP contribution in [0.2, 0.25) is 0 Å². The lowest BCUT2D eigenvalue weighted by atomic mass is 9.51. The smallest absolute Gasteiger partial charge is 0.0809 e. The van der Waals surface area contributed by atoms with Crippen LogP contribution in [-0.2, 0) is 0 Å². The molecule has 0 bridgehead atoms. The van der Waals surface area contributed by atoms with E-state index in [1.165, 1.54) is 56.1 Å². The molecule has 0 aliphatic heterocycles. The van der Waals surface area contributed by atoms with E-state index in [1.54, 1.807) is 0 Å². The van der Waals surface area contributed by atoms with Crippen LogP contribution in [-0.4, -0.2) is 22.9 Å². The van der Waals surface area contributed by atoms with Gasteiger partial charge in [-0.05, 0) is 98.0 Å². The van der Waals surface area contributed by atoms with E-state index in [4.69, 9.17) is 0 Å². The Morgan fingerprint density at radius 1 is 1.00 bits per heavy atom. The predicted molar refractivity (Wildman–Crippen MR) is 113 cm³/mol. The minimum Gasteiger partial charge on any atom is -0.396 e. The molecule has 2 N–H and O–H groups in total. The number of hydrogen-bond donors (Lipinski definition) is 2. The summed E-state index contributed by atoms with van der Waals surface area (Å²) in [5.74, 6) is 4.56. The molecule has 1 aromatic carbocycles. The zero-order chi connectivity index (χ0) is 19.3. The highest BCUT2D eigenvalue weighted by molar-refractivity contribution is 5.55. The van der Waals surface area contributed by atoms with Crippen LogP contribution in [0.5, 0.6) is 0 Å². The van der Waals surface area contributed by atoms with Gasteiger partial charge in [0, 0.05) is 12.0 Å². The SMILES string of the molecule is C[C@@]12CC[C@H]3CC4C[C@H](CO)CC[C@@H]4C[C@@H]3[C@H]1C/C(=C\c1ccccc1)[C@H]2O. The summed E-state index contributed by atoms with van der Waals surface area (Å²) in [5.41, 5.74) is 2.56. The van der Waals surface area contributed by atoms with E-state index in [0.29, 0.717) is 18.4 Å². The third kappa shape index (κ3) is 3.08. The van der Waals surface area contributed by atoms with E-state index in [9.17, 15) is 10.2 Å². The van der Waals surface area contributed by atoms with Gasteiger partial charge < -0.3 is 10.2 Å². The molecular weight excluding hydrogens is 344 g/mol. The van der Waals surface area contributed by atoms with Crippen molar-refractivity contribution in [3.63, 3.8) is 0 Å². The minimum atomic E-state index is -0.276. The first-order chi connectivity index (χ1) is 13.6. The zero-order valence-electron chi connectivity index (χ0n) is 17.3. The van der Waals surface area contributed by atoms with Gasteiger partial charge in [-0.1, -0.05) is 43.3 Å². The number of rotatable bonds is 2. The highest BCUT2D eigenvalue weighted by Gasteiger charge is 2.57. The molecule has 2 nitrogen and oxygen atoms in total. The number of fused-ring (bicyclic) bond motifs is 4. The first kappa shape index (κ1) is 18.9. The molecule has 0 radical (unpaired) electrons. The van der Waals surface area contributed by atoms with E-state index in [2.05, 4.69) is 43.3 Å². The van der Waals surface area contributed by atoms with Crippen molar-refractivity contribution in [2.24, 2.45) is 40.9 Å². The maximum absolute atomic E-state index is 11.3. The molecule has 0 heterocycles. The fourth-order valence-corrected chi connectivity index (χ4v) is 7.70. The van der Waals surface area contributed by atoms with Crippen LogP contribution in [0.4, 0.5) is 0 Å². The Morgan fingerprint density at radius 2 is 1.82 bits per heavy atom. The van der Waals surface area contributed by atoms with Crippen molar-refractivity contribution in [1.82, 2.24) is 0 Å². The lowest BCUT2D eigenvalue weighted by Gasteiger charge is -2.54. The van der Waals surface area contributed by atoms with Crippen LogP contribution in [0.1, 0.15) is 63.9 Å². The fraction of sp³-hybridized carbons (Fsp3) is 0.692. The Labute approximate surface area is 170 Å². The first-order valence-corrected chi connectivity index (χ1v) is 11.6. The van der Waals surface area contributed by atoms with E-state index in [0.717, 1.165) is 30.1 Å². The maximum atomic E-state index is 11.3. The topological polar surface area (TPSA) is 40.5 Å². The Bertz CT molecular complexity index is 725. The lowest BCUT2D eigenvalue weighted by molar-refractivity contribution is -0.0723. The Hall–Kier alpha value is -1.12. The number of hydrogen-bond acceptors (Lipinski definition) is 2. The molecule has 8 atom stereocenters. The van der Waals surface area contributed by atoms with Crippen molar-refractivity contribution in [2.75, 3.05) is 6.61 Å². The van der Waals surface area contributed by atoms with Crippen LogP contribution in [0.15, 0.2) is 35.9 Å². The van der Waals surface area contributed by atoms with Gasteiger partial charge in [-0.2, -0.15) is 0 Å². The summed E-state index contributed by atoms with van der Waals surface area (Å²) in [5, 5.41) is 20.9. The molecule has 1 unspecified atom stereocenters. The second kappa shape index (κ2) is 7.29. The minimum absolute atomic E-state index is 0.0664. The molecule has 0 saturated heterocycles. The monoisotopic (exact) mass is 380 g/mol. The van der Waals surface area contributed by atoms with E-state index in [-0.39, 0.29) is 11.5 Å². The van der Waals surface area contributed by atoms with Gasteiger partial charge in [-0.15, -0.1) is 0 Å². The number of aliphatic hydroxyl groups is 2. The summed E-state index contributed by atoms with van der Waals surface area (Å²) in [6, 6.07) is 10.5.